The fourth-order valence-electron chi connectivity index (χ4n) is 4.10. The molecule has 0 bridgehead atoms. The SMILES string of the molecule is CC1(C)Cc2cccc(OCC(=O)NCC3CCN(c4ccncc4)CC3)c2O1. The lowest BCUT2D eigenvalue weighted by Crippen LogP contribution is -2.39. The highest BCUT2D eigenvalue weighted by atomic mass is 16.5. The first kappa shape index (κ1) is 19.6. The van der Waals surface area contributed by atoms with E-state index in [0.717, 1.165) is 43.7 Å². The second-order valence-electron chi connectivity index (χ2n) is 8.51. The Morgan fingerprint density at radius 1 is 1.24 bits per heavy atom. The third-order valence-electron chi connectivity index (χ3n) is 5.64. The molecule has 1 fully saturated rings. The standard InChI is InChI=1S/C23H29N3O3/c1-23(2)14-18-4-3-5-20(22(18)29-23)28-16-21(27)25-15-17-8-12-26(13-9-17)19-6-10-24-11-7-19/h3-7,10-11,17H,8-9,12-16H2,1-2H3,(H,25,27). The Morgan fingerprint density at radius 2 is 2.00 bits per heavy atom. The molecule has 29 heavy (non-hydrogen) atoms. The molecule has 0 unspecified atom stereocenters. The normalized spacial score (nSPS) is 18.1. The van der Waals surface area contributed by atoms with E-state index >= 15 is 0 Å². The fourth-order valence-corrected chi connectivity index (χ4v) is 4.10. The number of hydrogen-bond donors (Lipinski definition) is 1. The molecule has 6 heteroatoms. The summed E-state index contributed by atoms with van der Waals surface area (Å²) in [7, 11) is 0. The molecule has 2 aliphatic heterocycles. The number of para-hydroxylation sites is 1. The van der Waals surface area contributed by atoms with Crippen LogP contribution in [-0.4, -0.2) is 42.7 Å². The van der Waals surface area contributed by atoms with Crippen LogP contribution in [-0.2, 0) is 11.2 Å². The molecule has 0 radical (unpaired) electrons. The van der Waals surface area contributed by atoms with Gasteiger partial charge >= 0.3 is 0 Å². The maximum Gasteiger partial charge on any atom is 0.257 e. The van der Waals surface area contributed by atoms with Gasteiger partial charge in [-0.3, -0.25) is 9.78 Å². The van der Waals surface area contributed by atoms with Crippen LogP contribution < -0.4 is 19.7 Å². The Bertz CT molecular complexity index is 846. The minimum Gasteiger partial charge on any atom is -0.483 e. The number of anilines is 1. The quantitative estimate of drug-likeness (QED) is 0.814. The van der Waals surface area contributed by atoms with Crippen molar-refractivity contribution in [1.82, 2.24) is 10.3 Å². The van der Waals surface area contributed by atoms with Crippen LogP contribution in [0, 0.1) is 5.92 Å². The van der Waals surface area contributed by atoms with E-state index in [4.69, 9.17) is 9.47 Å². The Labute approximate surface area is 172 Å². The van der Waals surface area contributed by atoms with E-state index in [1.165, 1.54) is 5.69 Å². The molecule has 0 saturated carbocycles. The first-order valence-corrected chi connectivity index (χ1v) is 10.4. The summed E-state index contributed by atoms with van der Waals surface area (Å²) in [6, 6.07) is 9.96. The molecular formula is C23H29N3O3. The highest BCUT2D eigenvalue weighted by Crippen LogP contribution is 2.41. The lowest BCUT2D eigenvalue weighted by molar-refractivity contribution is -0.123. The summed E-state index contributed by atoms with van der Waals surface area (Å²) in [6.45, 7) is 6.83. The van der Waals surface area contributed by atoms with Crippen LogP contribution in [0.25, 0.3) is 0 Å². The summed E-state index contributed by atoms with van der Waals surface area (Å²) in [6.07, 6.45) is 6.65. The van der Waals surface area contributed by atoms with Crippen molar-refractivity contribution in [2.75, 3.05) is 31.1 Å². The number of aromatic nitrogens is 1. The monoisotopic (exact) mass is 395 g/mol. The predicted octanol–water partition coefficient (Wildman–Crippen LogP) is 3.21. The van der Waals surface area contributed by atoms with Crippen LogP contribution in [0.5, 0.6) is 11.5 Å². The van der Waals surface area contributed by atoms with E-state index in [9.17, 15) is 4.79 Å². The number of benzene rings is 1. The Hall–Kier alpha value is -2.76. The number of rotatable bonds is 6. The van der Waals surface area contributed by atoms with Gasteiger partial charge in [-0.05, 0) is 50.8 Å². The largest absolute Gasteiger partial charge is 0.483 e. The maximum absolute atomic E-state index is 12.3. The number of amides is 1. The number of carbonyl (C=O) groups excluding carboxylic acids is 1. The van der Waals surface area contributed by atoms with Gasteiger partial charge in [0.15, 0.2) is 18.1 Å². The number of carbonyl (C=O) groups is 1. The zero-order valence-electron chi connectivity index (χ0n) is 17.2. The van der Waals surface area contributed by atoms with Crippen molar-refractivity contribution in [3.05, 3.63) is 48.3 Å². The topological polar surface area (TPSA) is 63.7 Å². The number of nitrogens with zero attached hydrogens (tertiary/aromatic N) is 2. The molecule has 1 saturated heterocycles. The maximum atomic E-state index is 12.3. The molecule has 0 aliphatic carbocycles. The third kappa shape index (κ3) is 4.81. The molecule has 1 amide bonds. The lowest BCUT2D eigenvalue weighted by atomic mass is 9.96. The second-order valence-corrected chi connectivity index (χ2v) is 8.51. The van der Waals surface area contributed by atoms with Crippen LogP contribution in [0.4, 0.5) is 5.69 Å². The zero-order valence-corrected chi connectivity index (χ0v) is 17.2. The molecule has 1 aromatic carbocycles. The number of hydrogen-bond acceptors (Lipinski definition) is 5. The van der Waals surface area contributed by atoms with Crippen LogP contribution >= 0.6 is 0 Å². The van der Waals surface area contributed by atoms with E-state index < -0.39 is 0 Å². The van der Waals surface area contributed by atoms with Gasteiger partial charge in [0.2, 0.25) is 0 Å². The first-order chi connectivity index (χ1) is 14.0. The zero-order chi connectivity index (χ0) is 20.3. The van der Waals surface area contributed by atoms with E-state index in [-0.39, 0.29) is 18.1 Å². The molecule has 154 valence electrons. The molecule has 6 nitrogen and oxygen atoms in total. The number of fused-ring (bicyclic) bond motifs is 1. The van der Waals surface area contributed by atoms with E-state index in [1.54, 1.807) is 0 Å². The Morgan fingerprint density at radius 3 is 2.76 bits per heavy atom. The van der Waals surface area contributed by atoms with Gasteiger partial charge in [0, 0.05) is 49.7 Å². The molecule has 3 heterocycles. The lowest BCUT2D eigenvalue weighted by Gasteiger charge is -2.33. The summed E-state index contributed by atoms with van der Waals surface area (Å²) >= 11 is 0. The highest BCUT2D eigenvalue weighted by molar-refractivity contribution is 5.77. The smallest absolute Gasteiger partial charge is 0.257 e. The van der Waals surface area contributed by atoms with Gasteiger partial charge in [-0.15, -0.1) is 0 Å². The van der Waals surface area contributed by atoms with Gasteiger partial charge in [0.25, 0.3) is 5.91 Å². The van der Waals surface area contributed by atoms with Crippen LogP contribution in [0.3, 0.4) is 0 Å². The summed E-state index contributed by atoms with van der Waals surface area (Å²) in [5, 5.41) is 3.03. The fraction of sp³-hybridized carbons (Fsp3) is 0.478. The first-order valence-electron chi connectivity index (χ1n) is 10.4. The molecule has 2 aliphatic rings. The predicted molar refractivity (Wildman–Crippen MR) is 113 cm³/mol. The third-order valence-corrected chi connectivity index (χ3v) is 5.64. The molecule has 2 aromatic rings. The molecule has 4 rings (SSSR count). The van der Waals surface area contributed by atoms with Crippen LogP contribution in [0.15, 0.2) is 42.7 Å². The van der Waals surface area contributed by atoms with Crippen LogP contribution in [0.1, 0.15) is 32.3 Å². The number of piperidine rings is 1. The van der Waals surface area contributed by atoms with Crippen molar-refractivity contribution in [3.8, 4) is 11.5 Å². The second kappa shape index (κ2) is 8.31. The van der Waals surface area contributed by atoms with Crippen molar-refractivity contribution in [1.29, 1.82) is 0 Å². The Kier molecular flexibility index (Phi) is 5.60. The average Bonchev–Trinajstić information content (AvgIpc) is 3.06. The molecule has 0 atom stereocenters. The summed E-state index contributed by atoms with van der Waals surface area (Å²) in [4.78, 5) is 18.7. The molecule has 0 spiro atoms. The van der Waals surface area contributed by atoms with E-state index in [1.807, 2.05) is 36.7 Å². The van der Waals surface area contributed by atoms with Crippen molar-refractivity contribution < 1.29 is 14.3 Å². The van der Waals surface area contributed by atoms with Crippen LogP contribution in [0.2, 0.25) is 0 Å². The van der Waals surface area contributed by atoms with Crippen molar-refractivity contribution in [2.45, 2.75) is 38.7 Å². The summed E-state index contributed by atoms with van der Waals surface area (Å²) < 4.78 is 11.8. The van der Waals surface area contributed by atoms with Gasteiger partial charge in [0.05, 0.1) is 0 Å². The van der Waals surface area contributed by atoms with Crippen molar-refractivity contribution in [3.63, 3.8) is 0 Å². The van der Waals surface area contributed by atoms with E-state index in [0.29, 0.717) is 18.2 Å². The summed E-state index contributed by atoms with van der Waals surface area (Å²) in [5.41, 5.74) is 2.13. The van der Waals surface area contributed by atoms with Gasteiger partial charge in [-0.25, -0.2) is 0 Å². The number of ether oxygens (including phenoxy) is 2. The van der Waals surface area contributed by atoms with Gasteiger partial charge in [-0.2, -0.15) is 0 Å². The minimum absolute atomic E-state index is 0.0100. The molecular weight excluding hydrogens is 366 g/mol. The number of pyridine rings is 1. The Balaban J connectivity index is 1.21. The van der Waals surface area contributed by atoms with Crippen molar-refractivity contribution in [2.24, 2.45) is 5.92 Å². The van der Waals surface area contributed by atoms with Gasteiger partial charge in [-0.1, -0.05) is 12.1 Å². The molecule has 1 aromatic heterocycles. The van der Waals surface area contributed by atoms with Crippen molar-refractivity contribution >= 4 is 11.6 Å². The van der Waals surface area contributed by atoms with Gasteiger partial charge in [0.1, 0.15) is 5.60 Å². The number of nitrogens with one attached hydrogen (secondary N) is 1. The van der Waals surface area contributed by atoms with E-state index in [2.05, 4.69) is 35.1 Å². The summed E-state index contributed by atoms with van der Waals surface area (Å²) in [5.74, 6) is 1.83. The average molecular weight is 396 g/mol. The van der Waals surface area contributed by atoms with Gasteiger partial charge < -0.3 is 19.7 Å². The minimum atomic E-state index is -0.227. The highest BCUT2D eigenvalue weighted by Gasteiger charge is 2.32. The molecule has 1 N–H and O–H groups in total.